The van der Waals surface area contributed by atoms with Crippen molar-refractivity contribution in [2.24, 2.45) is 35.5 Å². The maximum absolute atomic E-state index is 13.3. The molecule has 5 aliphatic rings. The van der Waals surface area contributed by atoms with Gasteiger partial charge in [-0.3, -0.25) is 29.1 Å². The van der Waals surface area contributed by atoms with Gasteiger partial charge >= 0.3 is 0 Å². The largest absolute Gasteiger partial charge is 0.274 e. The van der Waals surface area contributed by atoms with E-state index in [-0.39, 0.29) is 23.6 Å². The Kier molecular flexibility index (Phi) is 3.39. The standard InChI is InChI=1S/C22H16N4O4/c27-19-15-13-5-6-14(16(15)20(28)25(19)11-3-1-7-23-9-11)18-17(13)21(29)26(22(18)30)12-4-2-8-24-10-12/h1-10,13-18H/t13?,14?,15-,16-,17+,18+. The summed E-state index contributed by atoms with van der Waals surface area (Å²) in [7, 11) is 0. The van der Waals surface area contributed by atoms with Gasteiger partial charge in [0.15, 0.2) is 0 Å². The van der Waals surface area contributed by atoms with Crippen LogP contribution in [0.4, 0.5) is 11.4 Å². The van der Waals surface area contributed by atoms with Crippen molar-refractivity contribution in [1.82, 2.24) is 9.97 Å². The van der Waals surface area contributed by atoms with Crippen LogP contribution >= 0.6 is 0 Å². The molecule has 3 aliphatic carbocycles. The summed E-state index contributed by atoms with van der Waals surface area (Å²) >= 11 is 0. The molecule has 7 rings (SSSR count). The van der Waals surface area contributed by atoms with Crippen LogP contribution in [0.5, 0.6) is 0 Å². The molecule has 0 aromatic carbocycles. The monoisotopic (exact) mass is 400 g/mol. The Balaban J connectivity index is 1.42. The first-order valence-electron chi connectivity index (χ1n) is 9.83. The lowest BCUT2D eigenvalue weighted by atomic mass is 9.54. The van der Waals surface area contributed by atoms with Gasteiger partial charge in [-0.05, 0) is 24.3 Å². The zero-order valence-corrected chi connectivity index (χ0v) is 15.7. The summed E-state index contributed by atoms with van der Waals surface area (Å²) in [6.07, 6.45) is 9.79. The second-order valence-corrected chi connectivity index (χ2v) is 8.09. The number of anilines is 2. The molecule has 4 amide bonds. The molecule has 2 aromatic heterocycles. The molecule has 30 heavy (non-hydrogen) atoms. The Morgan fingerprint density at radius 3 is 1.27 bits per heavy atom. The second kappa shape index (κ2) is 5.91. The highest BCUT2D eigenvalue weighted by atomic mass is 16.2. The van der Waals surface area contributed by atoms with Crippen LogP contribution in [0.2, 0.25) is 0 Å². The fraction of sp³-hybridized carbons (Fsp3) is 0.273. The normalized spacial score (nSPS) is 34.0. The summed E-state index contributed by atoms with van der Waals surface area (Å²) in [6, 6.07) is 6.66. The first-order chi connectivity index (χ1) is 14.6. The highest BCUT2D eigenvalue weighted by Crippen LogP contribution is 2.58. The van der Waals surface area contributed by atoms with Crippen molar-refractivity contribution < 1.29 is 19.2 Å². The summed E-state index contributed by atoms with van der Waals surface area (Å²) in [5, 5.41) is 0. The lowest BCUT2D eigenvalue weighted by molar-refractivity contribution is -0.137. The van der Waals surface area contributed by atoms with Crippen molar-refractivity contribution in [2.45, 2.75) is 0 Å². The van der Waals surface area contributed by atoms with E-state index in [2.05, 4.69) is 9.97 Å². The minimum absolute atomic E-state index is 0.323. The van der Waals surface area contributed by atoms with Crippen LogP contribution in [0.15, 0.2) is 61.2 Å². The Labute approximate surface area is 171 Å². The number of amides is 4. The van der Waals surface area contributed by atoms with E-state index in [9.17, 15) is 19.2 Å². The first-order valence-corrected chi connectivity index (χ1v) is 9.83. The molecular weight excluding hydrogens is 384 g/mol. The summed E-state index contributed by atoms with van der Waals surface area (Å²) in [6.45, 7) is 0. The van der Waals surface area contributed by atoms with E-state index in [1.54, 1.807) is 36.7 Å². The molecule has 3 fully saturated rings. The maximum Gasteiger partial charge on any atom is 0.238 e. The van der Waals surface area contributed by atoms with E-state index >= 15 is 0 Å². The van der Waals surface area contributed by atoms with E-state index in [0.29, 0.717) is 11.4 Å². The molecule has 2 aliphatic heterocycles. The Morgan fingerprint density at radius 2 is 0.967 bits per heavy atom. The van der Waals surface area contributed by atoms with Gasteiger partial charge in [0.05, 0.1) is 47.4 Å². The van der Waals surface area contributed by atoms with Crippen LogP contribution in [0.25, 0.3) is 0 Å². The van der Waals surface area contributed by atoms with Gasteiger partial charge in [-0.15, -0.1) is 0 Å². The third kappa shape index (κ3) is 2.00. The molecule has 2 aromatic rings. The number of nitrogens with zero attached hydrogens (tertiary/aromatic N) is 4. The minimum Gasteiger partial charge on any atom is -0.274 e. The lowest BCUT2D eigenvalue weighted by Crippen LogP contribution is -2.50. The van der Waals surface area contributed by atoms with Crippen molar-refractivity contribution >= 4 is 35.0 Å². The SMILES string of the molecule is O=C1[C@@H]2C3C=CC([C@H]2C(=O)N1c1cccnc1)[C@@H]1C(=O)N(c2cccnc2)C(=O)[C@@H]31. The predicted octanol–water partition coefficient (Wildman–Crippen LogP) is 1.20. The number of pyridine rings is 2. The Hall–Kier alpha value is -3.68. The molecular formula is C22H16N4O4. The van der Waals surface area contributed by atoms with Gasteiger partial charge in [-0.1, -0.05) is 12.2 Å². The summed E-state index contributed by atoms with van der Waals surface area (Å²) < 4.78 is 0. The van der Waals surface area contributed by atoms with Gasteiger partial charge in [0.1, 0.15) is 0 Å². The number of hydrogen-bond donors (Lipinski definition) is 0. The zero-order valence-electron chi connectivity index (χ0n) is 15.7. The molecule has 0 radical (unpaired) electrons. The molecule has 6 atom stereocenters. The molecule has 2 bridgehead atoms. The third-order valence-electron chi connectivity index (χ3n) is 6.82. The van der Waals surface area contributed by atoms with Crippen LogP contribution in [0, 0.1) is 35.5 Å². The first kappa shape index (κ1) is 17.2. The third-order valence-corrected chi connectivity index (χ3v) is 6.82. The molecule has 2 saturated heterocycles. The van der Waals surface area contributed by atoms with Crippen LogP contribution in [-0.4, -0.2) is 33.6 Å². The van der Waals surface area contributed by atoms with Gasteiger partial charge in [-0.2, -0.15) is 0 Å². The van der Waals surface area contributed by atoms with Gasteiger partial charge in [0.25, 0.3) is 0 Å². The quantitative estimate of drug-likeness (QED) is 0.555. The molecule has 1 saturated carbocycles. The van der Waals surface area contributed by atoms with Gasteiger partial charge in [-0.25, -0.2) is 9.80 Å². The molecule has 0 spiro atoms. The van der Waals surface area contributed by atoms with Crippen LogP contribution in [0.3, 0.4) is 0 Å². The average Bonchev–Trinajstić information content (AvgIpc) is 3.22. The van der Waals surface area contributed by atoms with E-state index in [4.69, 9.17) is 0 Å². The van der Waals surface area contributed by atoms with Gasteiger partial charge in [0, 0.05) is 24.2 Å². The molecule has 148 valence electrons. The molecule has 8 heteroatoms. The smallest absolute Gasteiger partial charge is 0.238 e. The van der Waals surface area contributed by atoms with E-state index in [0.717, 1.165) is 0 Å². The predicted molar refractivity (Wildman–Crippen MR) is 104 cm³/mol. The fourth-order valence-corrected chi connectivity index (χ4v) is 5.71. The lowest BCUT2D eigenvalue weighted by Gasteiger charge is -2.44. The highest BCUT2D eigenvalue weighted by molar-refractivity contribution is 6.26. The van der Waals surface area contributed by atoms with Crippen molar-refractivity contribution in [1.29, 1.82) is 0 Å². The number of hydrogen-bond acceptors (Lipinski definition) is 6. The molecule has 0 N–H and O–H groups in total. The highest BCUT2D eigenvalue weighted by Gasteiger charge is 2.68. The number of carbonyl (C=O) groups excluding carboxylic acids is 4. The number of allylic oxidation sites excluding steroid dienone is 2. The van der Waals surface area contributed by atoms with Crippen molar-refractivity contribution in [3.05, 3.63) is 61.2 Å². The van der Waals surface area contributed by atoms with Crippen molar-refractivity contribution in [2.75, 3.05) is 9.80 Å². The van der Waals surface area contributed by atoms with Gasteiger partial charge in [0.2, 0.25) is 23.6 Å². The Morgan fingerprint density at radius 1 is 0.600 bits per heavy atom. The number of carbonyl (C=O) groups is 4. The van der Waals surface area contributed by atoms with Gasteiger partial charge < -0.3 is 0 Å². The number of aromatic nitrogens is 2. The van der Waals surface area contributed by atoms with Crippen LogP contribution < -0.4 is 9.80 Å². The summed E-state index contributed by atoms with van der Waals surface area (Å²) in [5.41, 5.74) is 0.835. The summed E-state index contributed by atoms with van der Waals surface area (Å²) in [5.74, 6) is -4.82. The fourth-order valence-electron chi connectivity index (χ4n) is 5.71. The van der Waals surface area contributed by atoms with Crippen LogP contribution in [0.1, 0.15) is 0 Å². The Bertz CT molecular complexity index is 999. The van der Waals surface area contributed by atoms with E-state index in [1.807, 2.05) is 12.2 Å². The molecule has 4 heterocycles. The van der Waals surface area contributed by atoms with E-state index < -0.39 is 35.5 Å². The second-order valence-electron chi connectivity index (χ2n) is 8.09. The minimum atomic E-state index is -0.639. The number of rotatable bonds is 2. The summed E-state index contributed by atoms with van der Waals surface area (Å²) in [4.78, 5) is 63.5. The molecule has 8 nitrogen and oxygen atoms in total. The average molecular weight is 400 g/mol. The zero-order chi connectivity index (χ0) is 20.6. The topological polar surface area (TPSA) is 101 Å². The molecule has 2 unspecified atom stereocenters. The van der Waals surface area contributed by atoms with E-state index in [1.165, 1.54) is 22.2 Å². The van der Waals surface area contributed by atoms with Crippen molar-refractivity contribution in [3.63, 3.8) is 0 Å². The number of imide groups is 2. The maximum atomic E-state index is 13.3. The van der Waals surface area contributed by atoms with Crippen molar-refractivity contribution in [3.8, 4) is 0 Å². The van der Waals surface area contributed by atoms with Crippen LogP contribution in [-0.2, 0) is 19.2 Å².